The van der Waals surface area contributed by atoms with Crippen molar-refractivity contribution in [1.82, 2.24) is 40.3 Å². The molecule has 0 spiro atoms. The summed E-state index contributed by atoms with van der Waals surface area (Å²) in [6, 6.07) is 10.00. The molecule has 0 fully saturated rings. The average molecular weight is 1130 g/mol. The summed E-state index contributed by atoms with van der Waals surface area (Å²) in [4.78, 5) is 41.7. The predicted molar refractivity (Wildman–Crippen MR) is 254 cm³/mol. The Morgan fingerprint density at radius 3 is 1.69 bits per heavy atom. The van der Waals surface area contributed by atoms with E-state index in [0.29, 0.717) is 49.6 Å². The third-order valence-corrected chi connectivity index (χ3v) is 13.7. The molecule has 32 heteroatoms. The van der Waals surface area contributed by atoms with Crippen LogP contribution in [0.3, 0.4) is 0 Å². The number of H-pyrrole nitrogens is 2. The lowest BCUT2D eigenvalue weighted by molar-refractivity contribution is -0.138. The van der Waals surface area contributed by atoms with Crippen molar-refractivity contribution < 1.29 is 57.5 Å². The first-order valence-electron chi connectivity index (χ1n) is 20.1. The Kier molecular flexibility index (Phi) is 17.1. The van der Waals surface area contributed by atoms with Crippen molar-refractivity contribution in [1.29, 1.82) is 5.53 Å². The summed E-state index contributed by atoms with van der Waals surface area (Å²) in [6.07, 6.45) is -1.49. The fourth-order valence-electron chi connectivity index (χ4n) is 6.60. The first-order valence-corrected chi connectivity index (χ1v) is 24.1. The minimum absolute atomic E-state index is 0.145. The Hall–Kier alpha value is -7.57. The lowest BCUT2D eigenvalue weighted by atomic mass is 10.0. The fraction of sp³-hybridized carbons (Fsp3) is 0.143. The van der Waals surface area contributed by atoms with Gasteiger partial charge in [-0.1, -0.05) is 27.8 Å². The highest BCUT2D eigenvalue weighted by atomic mass is 35.5. The van der Waals surface area contributed by atoms with Crippen LogP contribution < -0.4 is 9.03 Å². The summed E-state index contributed by atoms with van der Waals surface area (Å²) in [7, 11) is -8.00. The third kappa shape index (κ3) is 12.4. The minimum Gasteiger partial charge on any atom is -0.363 e. The second kappa shape index (κ2) is 22.7. The maximum atomic E-state index is 13.6. The third-order valence-electron chi connectivity index (χ3n) is 9.88. The Morgan fingerprint density at radius 1 is 0.716 bits per heavy atom. The molecule has 6 heterocycles. The highest BCUT2D eigenvalue weighted by Gasteiger charge is 2.38. The van der Waals surface area contributed by atoms with E-state index in [-0.39, 0.29) is 33.9 Å². The summed E-state index contributed by atoms with van der Waals surface area (Å²) in [5.41, 5.74) is 4.36. The van der Waals surface area contributed by atoms with Crippen LogP contribution in [-0.2, 0) is 37.1 Å². The lowest BCUT2D eigenvalue weighted by Crippen LogP contribution is -2.34. The van der Waals surface area contributed by atoms with E-state index in [0.717, 1.165) is 24.3 Å². The van der Waals surface area contributed by atoms with Crippen molar-refractivity contribution in [2.45, 2.75) is 36.0 Å². The number of hydrogen-bond acceptors (Lipinski definition) is 15. The highest BCUT2D eigenvalue weighted by molar-refractivity contribution is 7.93. The molecule has 0 aliphatic heterocycles. The maximum Gasteiger partial charge on any atom is 0.417 e. The van der Waals surface area contributed by atoms with Gasteiger partial charge in [0, 0.05) is 53.8 Å². The Balaban J connectivity index is 0.000000221. The summed E-state index contributed by atoms with van der Waals surface area (Å²) in [6.45, 7) is 2.62. The average Bonchev–Trinajstić information content (AvgIpc) is 4.04. The first-order chi connectivity index (χ1) is 34.8. The van der Waals surface area contributed by atoms with Gasteiger partial charge in [-0.25, -0.2) is 31.1 Å². The number of rotatable bonds is 13. The van der Waals surface area contributed by atoms with Gasteiger partial charge in [-0.2, -0.15) is 42.1 Å². The molecule has 386 valence electrons. The number of nitrogens with zero attached hydrogens (tertiary/aromatic N) is 10. The topological polar surface area (TPSA) is 297 Å². The predicted octanol–water partition coefficient (Wildman–Crippen LogP) is 10.3. The summed E-state index contributed by atoms with van der Waals surface area (Å²) in [5.74, 6) is -1.28. The van der Waals surface area contributed by atoms with Gasteiger partial charge in [0.15, 0.2) is 11.3 Å². The molecule has 4 N–H and O–H groups in total. The molecule has 0 saturated heterocycles. The minimum atomic E-state index is -4.89. The van der Waals surface area contributed by atoms with Crippen molar-refractivity contribution in [3.05, 3.63) is 153 Å². The number of aryl methyl sites for hydroxylation is 2. The number of methoxy groups -OCH3 is 1. The van der Waals surface area contributed by atoms with Crippen LogP contribution >= 0.6 is 35.0 Å². The summed E-state index contributed by atoms with van der Waals surface area (Å²) < 4.78 is 143. The van der Waals surface area contributed by atoms with Crippen LogP contribution in [0.4, 0.5) is 37.7 Å². The number of aromatic amines is 2. The number of benzene rings is 2. The second-order valence-corrected chi connectivity index (χ2v) is 19.4. The number of hydrogen-bond donors (Lipinski definition) is 4. The van der Waals surface area contributed by atoms with Gasteiger partial charge in [-0.3, -0.25) is 34.5 Å². The van der Waals surface area contributed by atoms with Gasteiger partial charge >= 0.3 is 12.4 Å². The molecule has 8 rings (SSSR count). The van der Waals surface area contributed by atoms with Gasteiger partial charge in [0.05, 0.1) is 66.5 Å². The van der Waals surface area contributed by atoms with Gasteiger partial charge in [-0.15, -0.1) is 0 Å². The van der Waals surface area contributed by atoms with Crippen LogP contribution in [0.15, 0.2) is 123 Å². The molecule has 0 amide bonds. The molecule has 0 aliphatic rings. The number of fused-ring (bicyclic) bond motifs is 2. The molecule has 21 nitrogen and oxygen atoms in total. The largest absolute Gasteiger partial charge is 0.417 e. The van der Waals surface area contributed by atoms with Crippen molar-refractivity contribution >= 4 is 100 Å². The Labute approximate surface area is 428 Å². The number of halogens is 9. The Bertz CT molecular complexity index is 3700. The normalized spacial score (nSPS) is 11.9. The van der Waals surface area contributed by atoms with Crippen LogP contribution in [0.5, 0.6) is 0 Å². The van der Waals surface area contributed by atoms with E-state index in [1.165, 1.54) is 68.6 Å². The molecule has 0 saturated carbocycles. The zero-order chi connectivity index (χ0) is 54.3. The highest BCUT2D eigenvalue weighted by Crippen LogP contribution is 2.39. The number of pyridine rings is 4. The van der Waals surface area contributed by atoms with Crippen LogP contribution in [0, 0.1) is 19.4 Å². The number of nitrogens with one attached hydrogen (secondary N) is 4. The molecule has 0 bridgehead atoms. The van der Waals surface area contributed by atoms with E-state index in [4.69, 9.17) is 33.5 Å². The van der Waals surface area contributed by atoms with E-state index < -0.39 is 81.7 Å². The number of sulfonamides is 2. The van der Waals surface area contributed by atoms with Crippen LogP contribution in [0.25, 0.3) is 22.1 Å². The van der Waals surface area contributed by atoms with E-state index in [2.05, 4.69) is 71.9 Å². The van der Waals surface area contributed by atoms with E-state index in [1.807, 2.05) is 0 Å². The fourth-order valence-corrected chi connectivity index (χ4v) is 9.57. The summed E-state index contributed by atoms with van der Waals surface area (Å²) >= 11 is 15.8. The van der Waals surface area contributed by atoms with Gasteiger partial charge in [-0.05, 0) is 96.1 Å². The number of alkyl halides is 6. The zero-order valence-corrected chi connectivity index (χ0v) is 41.4. The molecule has 0 aliphatic carbocycles. The van der Waals surface area contributed by atoms with Gasteiger partial charge in [0.1, 0.15) is 18.1 Å². The van der Waals surface area contributed by atoms with E-state index >= 15 is 0 Å². The van der Waals surface area contributed by atoms with E-state index in [1.54, 1.807) is 13.8 Å². The molecular formula is C42H31Cl3F6N14O7S2. The van der Waals surface area contributed by atoms with Gasteiger partial charge in [0.2, 0.25) is 11.6 Å². The smallest absolute Gasteiger partial charge is 0.363 e. The second-order valence-electron chi connectivity index (χ2n) is 14.8. The monoisotopic (exact) mass is 1130 g/mol. The standard InChI is InChI=1S/C22H17ClF3N5O4S.C20H13ClF3N5O3S.ClHN4/c1-12-7-18(19(28-9-12)20(32)14-5-6-27-21-15(14)10-29-30-21)31(11-35-2)36(33,34)13-3-4-17(23)16(8-13)22(24,25)26;1-10-6-16(29-33(31,32)11-2-3-15(21)14(7-11)20(22,23)24)17(26-8-10)18(30)12-4-5-25-19-13(12)9-27-28-19;1-3-5-4-2/h3-10H,11H2,1-2H3,(H,27,29,30);2-9,29H,1H3,(H,25,27,28);2H. The quantitative estimate of drug-likeness (QED) is 0.0275. The van der Waals surface area contributed by atoms with Crippen molar-refractivity contribution in [2.24, 2.45) is 15.1 Å². The molecule has 74 heavy (non-hydrogen) atoms. The van der Waals surface area contributed by atoms with Gasteiger partial charge in [0.25, 0.3) is 20.0 Å². The molecule has 0 unspecified atom stereocenters. The number of ketones is 2. The maximum absolute atomic E-state index is 13.6. The van der Waals surface area contributed by atoms with E-state index in [9.17, 15) is 52.8 Å². The van der Waals surface area contributed by atoms with Crippen molar-refractivity contribution in [2.75, 3.05) is 22.9 Å². The molecule has 0 atom stereocenters. The first kappa shape index (κ1) is 55.7. The van der Waals surface area contributed by atoms with Crippen molar-refractivity contribution in [3.63, 3.8) is 0 Å². The number of carbonyl (C=O) groups is 2. The van der Waals surface area contributed by atoms with Crippen molar-refractivity contribution in [3.8, 4) is 0 Å². The molecule has 0 radical (unpaired) electrons. The number of ether oxygens (including phenoxy) is 1. The summed E-state index contributed by atoms with van der Waals surface area (Å²) in [5, 5.41) is 17.5. The molecule has 2 aromatic carbocycles. The van der Waals surface area contributed by atoms with Gasteiger partial charge < -0.3 is 4.74 Å². The number of aromatic nitrogens is 8. The molecule has 8 aromatic rings. The SMILES string of the molecule is COCN(c1cc(C)cnc1C(=O)c1ccnc2[nH]ncc12)S(=O)(=O)c1ccc(Cl)c(C(F)(F)F)c1.Cc1cnc(C(=O)c2ccnc3[nH]ncc23)c(NS(=O)(=O)c2ccc(Cl)c(C(F)(F)F)c2)c1.N=NN=NCl. The molecular weight excluding hydrogens is 1100 g/mol. The van der Waals surface area contributed by atoms with Crippen LogP contribution in [-0.4, -0.2) is 82.6 Å². The molecule has 6 aromatic heterocycles. The van der Waals surface area contributed by atoms with Crippen LogP contribution in [0.2, 0.25) is 10.0 Å². The lowest BCUT2D eigenvalue weighted by Gasteiger charge is -2.26. The van der Waals surface area contributed by atoms with Crippen LogP contribution in [0.1, 0.15) is 54.4 Å². The zero-order valence-electron chi connectivity index (χ0n) is 37.5. The Morgan fingerprint density at radius 2 is 1.20 bits per heavy atom. The number of carbonyl (C=O) groups excluding carboxylic acids is 2. The number of anilines is 2.